The van der Waals surface area contributed by atoms with Crippen LogP contribution in [0.4, 0.5) is 4.39 Å². The Morgan fingerprint density at radius 3 is 2.77 bits per heavy atom. The molecule has 0 saturated heterocycles. The summed E-state index contributed by atoms with van der Waals surface area (Å²) in [7, 11) is 1.39. The number of esters is 1. The van der Waals surface area contributed by atoms with Crippen molar-refractivity contribution in [3.8, 4) is 23.0 Å². The minimum atomic E-state index is -0.503. The Hall–Kier alpha value is -3.82. The normalized spacial score (nSPS) is 10.6. The number of carbonyl (C=O) groups is 2. The maximum absolute atomic E-state index is 14.1. The lowest BCUT2D eigenvalue weighted by Crippen LogP contribution is -2.27. The molecule has 0 aliphatic rings. The third kappa shape index (κ3) is 5.03. The maximum Gasteiger partial charge on any atom is 0.307 e. The van der Waals surface area contributed by atoms with E-state index in [1.807, 2.05) is 0 Å². The zero-order valence-corrected chi connectivity index (χ0v) is 17.4. The second-order valence-corrected chi connectivity index (χ2v) is 6.46. The third-order valence-electron chi connectivity index (χ3n) is 4.45. The Morgan fingerprint density at radius 1 is 1.26 bits per heavy atom. The van der Waals surface area contributed by atoms with Crippen molar-refractivity contribution in [1.29, 1.82) is 0 Å². The molecule has 2 aromatic heterocycles. The van der Waals surface area contributed by atoms with E-state index in [0.717, 1.165) is 0 Å². The molecule has 1 N–H and O–H groups in total. The molecule has 1 aromatic carbocycles. The van der Waals surface area contributed by atoms with Crippen LogP contribution >= 0.6 is 0 Å². The minimum absolute atomic E-state index is 0.0797. The molecular weight excluding hydrogens is 405 g/mol. The first-order chi connectivity index (χ1) is 14.9. The number of hydrogen-bond acceptors (Lipinski definition) is 7. The van der Waals surface area contributed by atoms with Crippen molar-refractivity contribution in [3.63, 3.8) is 0 Å². The lowest BCUT2D eigenvalue weighted by Gasteiger charge is -2.08. The fourth-order valence-electron chi connectivity index (χ4n) is 2.88. The number of halogens is 1. The molecule has 31 heavy (non-hydrogen) atoms. The Balaban J connectivity index is 1.78. The number of carbonyl (C=O) groups excluding carboxylic acids is 2. The summed E-state index contributed by atoms with van der Waals surface area (Å²) < 4.78 is 25.2. The van der Waals surface area contributed by atoms with Crippen LogP contribution in [-0.4, -0.2) is 51.9 Å². The van der Waals surface area contributed by atoms with Crippen molar-refractivity contribution in [2.45, 2.75) is 20.3 Å². The van der Waals surface area contributed by atoms with Gasteiger partial charge in [0.15, 0.2) is 11.6 Å². The summed E-state index contributed by atoms with van der Waals surface area (Å²) in [5.41, 5.74) is 1.88. The van der Waals surface area contributed by atoms with E-state index in [2.05, 4.69) is 20.4 Å². The van der Waals surface area contributed by atoms with Crippen LogP contribution in [0.1, 0.15) is 29.4 Å². The summed E-state index contributed by atoms with van der Waals surface area (Å²) in [6.07, 6.45) is 3.01. The van der Waals surface area contributed by atoms with Crippen LogP contribution in [0.2, 0.25) is 0 Å². The lowest BCUT2D eigenvalue weighted by molar-refractivity contribution is -0.142. The van der Waals surface area contributed by atoms with E-state index in [9.17, 15) is 14.0 Å². The number of amides is 1. The average Bonchev–Trinajstić information content (AvgIpc) is 3.15. The Morgan fingerprint density at radius 2 is 2.06 bits per heavy atom. The van der Waals surface area contributed by atoms with Crippen molar-refractivity contribution in [1.82, 2.24) is 25.1 Å². The molecule has 0 fully saturated rings. The summed E-state index contributed by atoms with van der Waals surface area (Å²) >= 11 is 0. The Labute approximate surface area is 178 Å². The van der Waals surface area contributed by atoms with Gasteiger partial charge in [0.25, 0.3) is 11.9 Å². The largest absolute Gasteiger partial charge is 0.494 e. The molecule has 0 saturated carbocycles. The van der Waals surface area contributed by atoms with E-state index in [1.165, 1.54) is 36.3 Å². The molecule has 3 rings (SSSR count). The molecule has 1 amide bonds. The number of hydrogen-bond donors (Lipinski definition) is 1. The van der Waals surface area contributed by atoms with E-state index >= 15 is 0 Å². The van der Waals surface area contributed by atoms with E-state index in [0.29, 0.717) is 29.1 Å². The molecule has 162 valence electrons. The van der Waals surface area contributed by atoms with Crippen molar-refractivity contribution in [3.05, 3.63) is 53.7 Å². The van der Waals surface area contributed by atoms with Crippen LogP contribution in [0.25, 0.3) is 17.2 Å². The van der Waals surface area contributed by atoms with Crippen molar-refractivity contribution in [2.24, 2.45) is 0 Å². The van der Waals surface area contributed by atoms with E-state index < -0.39 is 5.82 Å². The van der Waals surface area contributed by atoms with Crippen LogP contribution in [0.3, 0.4) is 0 Å². The topological polar surface area (TPSA) is 108 Å². The average molecular weight is 427 g/mol. The Bertz CT molecular complexity index is 1100. The summed E-state index contributed by atoms with van der Waals surface area (Å²) in [5.74, 6) is -0.884. The predicted molar refractivity (Wildman–Crippen MR) is 109 cm³/mol. The quantitative estimate of drug-likeness (QED) is 0.550. The van der Waals surface area contributed by atoms with Gasteiger partial charge in [-0.05, 0) is 38.1 Å². The van der Waals surface area contributed by atoms with Gasteiger partial charge < -0.3 is 14.8 Å². The smallest absolute Gasteiger partial charge is 0.307 e. The van der Waals surface area contributed by atoms with E-state index in [-0.39, 0.29) is 36.5 Å². The SMILES string of the molecule is CCOC(=O)CCNC(=O)c1cnn(-c2nccc(-c3ccc(OC)c(F)c3)n2)c1C. The second kappa shape index (κ2) is 9.79. The third-order valence-corrected chi connectivity index (χ3v) is 4.45. The number of rotatable bonds is 8. The van der Waals surface area contributed by atoms with Gasteiger partial charge in [0, 0.05) is 18.3 Å². The van der Waals surface area contributed by atoms with Gasteiger partial charge in [-0.15, -0.1) is 0 Å². The number of nitrogens with one attached hydrogen (secondary N) is 1. The van der Waals surface area contributed by atoms with Crippen LogP contribution in [-0.2, 0) is 9.53 Å². The minimum Gasteiger partial charge on any atom is -0.494 e. The molecule has 3 aromatic rings. The Kier molecular flexibility index (Phi) is 6.91. The molecule has 9 nitrogen and oxygen atoms in total. The van der Waals surface area contributed by atoms with Crippen LogP contribution < -0.4 is 10.1 Å². The highest BCUT2D eigenvalue weighted by atomic mass is 19.1. The highest BCUT2D eigenvalue weighted by molar-refractivity contribution is 5.95. The summed E-state index contributed by atoms with van der Waals surface area (Å²) in [5, 5.41) is 6.87. The lowest BCUT2D eigenvalue weighted by atomic mass is 10.1. The maximum atomic E-state index is 14.1. The van der Waals surface area contributed by atoms with Crippen LogP contribution in [0.15, 0.2) is 36.7 Å². The number of methoxy groups -OCH3 is 1. The van der Waals surface area contributed by atoms with Crippen LogP contribution in [0, 0.1) is 12.7 Å². The molecule has 0 bridgehead atoms. The van der Waals surface area contributed by atoms with Gasteiger partial charge in [-0.2, -0.15) is 5.10 Å². The first-order valence-electron chi connectivity index (χ1n) is 9.60. The van der Waals surface area contributed by atoms with Gasteiger partial charge in [-0.1, -0.05) is 0 Å². The molecule has 0 unspecified atom stereocenters. The van der Waals surface area contributed by atoms with Gasteiger partial charge in [0.2, 0.25) is 0 Å². The zero-order valence-electron chi connectivity index (χ0n) is 17.4. The molecular formula is C21H22FN5O4. The number of ether oxygens (including phenoxy) is 2. The van der Waals surface area contributed by atoms with E-state index in [4.69, 9.17) is 9.47 Å². The van der Waals surface area contributed by atoms with Gasteiger partial charge in [0.1, 0.15) is 0 Å². The summed E-state index contributed by atoms with van der Waals surface area (Å²) in [4.78, 5) is 32.5. The molecule has 0 aliphatic carbocycles. The monoisotopic (exact) mass is 427 g/mol. The molecule has 10 heteroatoms. The van der Waals surface area contributed by atoms with Crippen molar-refractivity contribution in [2.75, 3.05) is 20.3 Å². The number of aromatic nitrogens is 4. The number of benzene rings is 1. The number of nitrogens with zero attached hydrogens (tertiary/aromatic N) is 4. The fraction of sp³-hybridized carbons (Fsp3) is 0.286. The highest BCUT2D eigenvalue weighted by Crippen LogP contribution is 2.24. The standard InChI is InChI=1S/C21H22FN5O4/c1-4-31-19(28)8-10-23-20(29)15-12-25-27(13(15)2)21-24-9-7-17(26-21)14-5-6-18(30-3)16(22)11-14/h5-7,9,11-12H,4,8,10H2,1-3H3,(H,23,29). The second-order valence-electron chi connectivity index (χ2n) is 6.46. The highest BCUT2D eigenvalue weighted by Gasteiger charge is 2.17. The fourth-order valence-corrected chi connectivity index (χ4v) is 2.88. The van der Waals surface area contributed by atoms with E-state index in [1.54, 1.807) is 26.0 Å². The summed E-state index contributed by atoms with van der Waals surface area (Å²) in [6.45, 7) is 3.87. The van der Waals surface area contributed by atoms with Crippen molar-refractivity contribution >= 4 is 11.9 Å². The van der Waals surface area contributed by atoms with Crippen molar-refractivity contribution < 1.29 is 23.5 Å². The molecule has 0 aliphatic heterocycles. The molecule has 0 atom stereocenters. The van der Waals surface area contributed by atoms with Gasteiger partial charge in [-0.25, -0.2) is 19.0 Å². The summed E-state index contributed by atoms with van der Waals surface area (Å²) in [6, 6.07) is 6.17. The van der Waals surface area contributed by atoms with Gasteiger partial charge >= 0.3 is 5.97 Å². The van der Waals surface area contributed by atoms with Gasteiger partial charge in [-0.3, -0.25) is 9.59 Å². The first-order valence-corrected chi connectivity index (χ1v) is 9.60. The molecule has 0 radical (unpaired) electrons. The van der Waals surface area contributed by atoms with Crippen LogP contribution in [0.5, 0.6) is 5.75 Å². The first kappa shape index (κ1) is 21.9. The molecule has 2 heterocycles. The zero-order chi connectivity index (χ0) is 22.4. The molecule has 0 spiro atoms. The predicted octanol–water partition coefficient (Wildman–Crippen LogP) is 2.47. The van der Waals surface area contributed by atoms with Gasteiger partial charge in [0.05, 0.1) is 43.3 Å².